The van der Waals surface area contributed by atoms with Gasteiger partial charge in [0.2, 0.25) is 22.8 Å². The maximum Gasteiger partial charge on any atom is 0.213 e. The monoisotopic (exact) mass is 1300 g/mol. The third-order valence-electron chi connectivity index (χ3n) is 17.6. The molecular weight excluding hydrogens is 1190 g/mol. The van der Waals surface area contributed by atoms with E-state index in [0.29, 0.717) is 11.3 Å². The van der Waals surface area contributed by atoms with Crippen LogP contribution in [0.5, 0.6) is 0 Å². The number of hydrogen-bond donors (Lipinski definition) is 0. The molecule has 4 heterocycles. The van der Waals surface area contributed by atoms with Gasteiger partial charge in [0.05, 0.1) is 0 Å². The molecular formula is C94H108N4+4. The number of rotatable bonds is 14. The van der Waals surface area contributed by atoms with Crippen LogP contribution in [-0.2, 0) is 53.8 Å². The van der Waals surface area contributed by atoms with E-state index in [1.807, 2.05) is 77.1 Å². The summed E-state index contributed by atoms with van der Waals surface area (Å²) in [6.45, 7) is 29.7. The van der Waals surface area contributed by atoms with Crippen molar-refractivity contribution in [1.29, 1.82) is 0 Å². The molecule has 0 spiro atoms. The van der Waals surface area contributed by atoms with Crippen LogP contribution in [0.3, 0.4) is 0 Å². The molecule has 500 valence electrons. The van der Waals surface area contributed by atoms with Crippen LogP contribution >= 0.6 is 0 Å². The van der Waals surface area contributed by atoms with Crippen molar-refractivity contribution in [3.05, 3.63) is 312 Å². The van der Waals surface area contributed by atoms with Gasteiger partial charge in [-0.05, 0) is 189 Å². The van der Waals surface area contributed by atoms with Crippen molar-refractivity contribution in [3.63, 3.8) is 0 Å². The number of nitrogens with zero attached hydrogens (tertiary/aromatic N) is 4. The average molecular weight is 1300 g/mol. The van der Waals surface area contributed by atoms with Crippen LogP contribution in [0.2, 0.25) is 0 Å². The predicted molar refractivity (Wildman–Crippen MR) is 416 cm³/mol. The van der Waals surface area contributed by atoms with Crippen LogP contribution in [0.25, 0.3) is 89.5 Å². The quantitative estimate of drug-likeness (QED) is 0.0965. The zero-order valence-corrected chi connectivity index (χ0v) is 61.8. The van der Waals surface area contributed by atoms with Gasteiger partial charge in [-0.25, -0.2) is 18.3 Å². The lowest BCUT2D eigenvalue weighted by Gasteiger charge is -2.18. The minimum atomic E-state index is -1.37. The molecule has 12 rings (SSSR count). The summed E-state index contributed by atoms with van der Waals surface area (Å²) in [6, 6.07) is 85.2. The highest BCUT2D eigenvalue weighted by Gasteiger charge is 2.20. The van der Waals surface area contributed by atoms with E-state index in [1.54, 1.807) is 0 Å². The minimum absolute atomic E-state index is 0.0751. The molecule has 0 bridgehead atoms. The number of aromatic nitrogens is 4. The maximum atomic E-state index is 8.46. The molecule has 0 fully saturated rings. The third-order valence-corrected chi connectivity index (χ3v) is 17.6. The first-order valence-corrected chi connectivity index (χ1v) is 34.9. The summed E-state index contributed by atoms with van der Waals surface area (Å²) in [7, 11) is 8.34. The first-order valence-electron chi connectivity index (χ1n) is 36.9. The Labute approximate surface area is 595 Å². The highest BCUT2D eigenvalue weighted by Crippen LogP contribution is 2.33. The molecule has 98 heavy (non-hydrogen) atoms. The molecule has 0 saturated heterocycles. The molecule has 8 aromatic carbocycles. The van der Waals surface area contributed by atoms with Gasteiger partial charge in [0.1, 0.15) is 28.2 Å². The zero-order valence-electron chi connectivity index (χ0n) is 65.8. The van der Waals surface area contributed by atoms with E-state index in [0.717, 1.165) is 51.9 Å². The van der Waals surface area contributed by atoms with Gasteiger partial charge in [-0.15, -0.1) is 0 Å². The second-order valence-electron chi connectivity index (χ2n) is 29.5. The van der Waals surface area contributed by atoms with E-state index in [-0.39, 0.29) is 5.92 Å². The van der Waals surface area contributed by atoms with Gasteiger partial charge in [0, 0.05) is 76.3 Å². The largest absolute Gasteiger partial charge is 0.213 e. The van der Waals surface area contributed by atoms with E-state index >= 15 is 0 Å². The van der Waals surface area contributed by atoms with E-state index < -0.39 is 18.2 Å². The second kappa shape index (κ2) is 33.1. The Morgan fingerprint density at radius 2 is 0.602 bits per heavy atom. The summed E-state index contributed by atoms with van der Waals surface area (Å²) >= 11 is 0. The molecule has 4 aromatic heterocycles. The van der Waals surface area contributed by atoms with Crippen LogP contribution in [-0.4, -0.2) is 0 Å². The Bertz CT molecular complexity index is 4830. The van der Waals surface area contributed by atoms with Crippen molar-refractivity contribution in [2.45, 2.75) is 123 Å². The van der Waals surface area contributed by atoms with Crippen LogP contribution in [0.4, 0.5) is 0 Å². The van der Waals surface area contributed by atoms with Gasteiger partial charge >= 0.3 is 0 Å². The first kappa shape index (κ1) is 67.0. The number of hydrogen-bond acceptors (Lipinski definition) is 0. The first-order chi connectivity index (χ1) is 48.3. The minimum Gasteiger partial charge on any atom is -0.201 e. The maximum absolute atomic E-state index is 8.46. The lowest BCUT2D eigenvalue weighted by Crippen LogP contribution is -2.30. The van der Waals surface area contributed by atoms with E-state index in [4.69, 9.17) is 5.48 Å². The third kappa shape index (κ3) is 20.2. The van der Waals surface area contributed by atoms with Crippen molar-refractivity contribution in [2.24, 2.45) is 50.9 Å². The van der Waals surface area contributed by atoms with Crippen molar-refractivity contribution in [3.8, 4) is 89.5 Å². The molecule has 0 N–H and O–H groups in total. The molecule has 0 aliphatic rings. The molecule has 0 radical (unpaired) electrons. The Morgan fingerprint density at radius 1 is 0.296 bits per heavy atom. The fourth-order valence-corrected chi connectivity index (χ4v) is 12.6. The standard InChI is InChI=1S/2C24H28N.2C23H26N/c1-18-9-6-7-12-22(18)23-16-21(13-14-25(23)5)20-11-8-10-19(15-20)17-24(2,3)4;1-18-8-6-7-9-22(18)23-16-21(14-15-25(23)5)20-12-10-19(11-13-20)17-24(2,3)4;2*1-17(2)14-19-9-7-10-20(15-19)21-12-13-24(4)23(16-21)22-11-6-5-8-18(22)3/h2*6-16H,17H2,1-5H3;2*5-13,15-17H,14H2,1-4H3/q4*+1/i;17D2;14D2;. The number of benzene rings is 8. The number of aryl methyl sites for hydroxylation is 8. The van der Waals surface area contributed by atoms with Gasteiger partial charge in [-0.1, -0.05) is 239 Å². The van der Waals surface area contributed by atoms with E-state index in [9.17, 15) is 0 Å². The molecule has 0 atom stereocenters. The summed E-state index contributed by atoms with van der Waals surface area (Å²) in [5.41, 5.74) is 28.5. The smallest absolute Gasteiger partial charge is 0.201 e. The van der Waals surface area contributed by atoms with Crippen molar-refractivity contribution in [1.82, 2.24) is 0 Å². The number of pyridine rings is 4. The van der Waals surface area contributed by atoms with Crippen LogP contribution in [0, 0.1) is 50.4 Å². The van der Waals surface area contributed by atoms with Crippen molar-refractivity contribution < 1.29 is 23.8 Å². The lowest BCUT2D eigenvalue weighted by atomic mass is 9.87. The van der Waals surface area contributed by atoms with Crippen LogP contribution in [0.1, 0.15) is 119 Å². The van der Waals surface area contributed by atoms with Crippen LogP contribution < -0.4 is 18.3 Å². The predicted octanol–water partition coefficient (Wildman–Crippen LogP) is 22.2. The van der Waals surface area contributed by atoms with Gasteiger partial charge in [-0.2, -0.15) is 0 Å². The Hall–Kier alpha value is -9.64. The van der Waals surface area contributed by atoms with Gasteiger partial charge in [0.25, 0.3) is 0 Å². The van der Waals surface area contributed by atoms with Gasteiger partial charge < -0.3 is 0 Å². The Balaban J connectivity index is 0.000000158. The summed E-state index contributed by atoms with van der Waals surface area (Å²) in [6.07, 6.45) is 7.97. The highest BCUT2D eigenvalue weighted by atomic mass is 14.9. The Kier molecular flexibility index (Phi) is 22.6. The molecule has 0 amide bonds. The van der Waals surface area contributed by atoms with Gasteiger partial charge in [0.15, 0.2) is 24.8 Å². The fourth-order valence-electron chi connectivity index (χ4n) is 12.6. The molecule has 4 nitrogen and oxygen atoms in total. The van der Waals surface area contributed by atoms with Gasteiger partial charge in [-0.3, -0.25) is 0 Å². The Morgan fingerprint density at radius 3 is 0.929 bits per heavy atom. The SMILES string of the molecule is Cc1ccccc1-c1cc(-c2cccc(CC(C)(C)C)c2)cc[n+]1C.Cc1ccccc1-c1cc(-c2cccc(CC(C)C)c2)cc[n+]1C.[2H]C([2H])(c1ccc(-c2cc[n+](C)c(-c3ccccc3C)c2)cc1)C(C)(C)C.[2H]C([2H])(c1cccc(-c2cc[n+](C)c(-c3ccccc3C)c2)c1)C(C)C. The van der Waals surface area contributed by atoms with E-state index in [1.165, 1.54) is 95.0 Å². The molecule has 12 aromatic rings. The molecule has 0 saturated carbocycles. The second-order valence-corrected chi connectivity index (χ2v) is 29.5. The lowest BCUT2D eigenvalue weighted by molar-refractivity contribution is -0.660. The average Bonchev–Trinajstić information content (AvgIpc) is 0.802. The summed E-state index contributed by atoms with van der Waals surface area (Å²) in [5.74, 6) is 0.602. The molecule has 0 aliphatic carbocycles. The van der Waals surface area contributed by atoms with Crippen LogP contribution in [0.15, 0.2) is 267 Å². The summed E-state index contributed by atoms with van der Waals surface area (Å²) < 4.78 is 42.3. The fraction of sp³-hybridized carbons (Fsp3) is 0.277. The molecule has 4 heteroatoms. The topological polar surface area (TPSA) is 15.5 Å². The summed E-state index contributed by atoms with van der Waals surface area (Å²) in [5, 5.41) is 0. The molecule has 0 aliphatic heterocycles. The van der Waals surface area contributed by atoms with Crippen molar-refractivity contribution in [2.75, 3.05) is 0 Å². The zero-order chi connectivity index (χ0) is 73.8. The normalized spacial score (nSPS) is 12.2. The summed E-state index contributed by atoms with van der Waals surface area (Å²) in [4.78, 5) is 0. The van der Waals surface area contributed by atoms with Crippen molar-refractivity contribution >= 4 is 0 Å². The molecule has 0 unspecified atom stereocenters. The highest BCUT2D eigenvalue weighted by molar-refractivity contribution is 5.74. The van der Waals surface area contributed by atoms with E-state index in [2.05, 4.69) is 334 Å².